The SMILES string of the molecule is CC(C)[C@H](NC(=O)NCC1(C)CCCO1)C(=O)O. The third kappa shape index (κ3) is 4.18. The molecule has 0 spiro atoms. The van der Waals surface area contributed by atoms with Crippen molar-refractivity contribution in [3.63, 3.8) is 0 Å². The first-order valence-electron chi connectivity index (χ1n) is 6.25. The van der Waals surface area contributed by atoms with E-state index in [2.05, 4.69) is 10.6 Å². The number of urea groups is 1. The van der Waals surface area contributed by atoms with E-state index in [1.807, 2.05) is 6.92 Å². The van der Waals surface area contributed by atoms with E-state index in [1.165, 1.54) is 0 Å². The highest BCUT2D eigenvalue weighted by atomic mass is 16.5. The highest BCUT2D eigenvalue weighted by Crippen LogP contribution is 2.23. The van der Waals surface area contributed by atoms with Gasteiger partial charge in [0.2, 0.25) is 0 Å². The zero-order valence-electron chi connectivity index (χ0n) is 11.2. The molecule has 104 valence electrons. The lowest BCUT2D eigenvalue weighted by molar-refractivity contribution is -0.140. The Bertz CT molecular complexity index is 311. The second kappa shape index (κ2) is 6.04. The maximum atomic E-state index is 11.6. The molecular weight excluding hydrogens is 236 g/mol. The summed E-state index contributed by atoms with van der Waals surface area (Å²) in [5.41, 5.74) is -0.326. The molecule has 0 aromatic rings. The number of carbonyl (C=O) groups is 2. The monoisotopic (exact) mass is 258 g/mol. The van der Waals surface area contributed by atoms with Gasteiger partial charge in [-0.05, 0) is 25.7 Å². The van der Waals surface area contributed by atoms with Crippen LogP contribution in [0.1, 0.15) is 33.6 Å². The van der Waals surface area contributed by atoms with E-state index in [0.29, 0.717) is 13.2 Å². The number of ether oxygens (including phenoxy) is 1. The molecule has 6 heteroatoms. The largest absolute Gasteiger partial charge is 0.480 e. The standard InChI is InChI=1S/C12H22N2O4/c1-8(2)9(10(15)16)14-11(17)13-7-12(3)5-4-6-18-12/h8-9H,4-7H2,1-3H3,(H,15,16)(H2,13,14,17)/t9-,12?/m0/s1. The van der Waals surface area contributed by atoms with Crippen molar-refractivity contribution >= 4 is 12.0 Å². The Balaban J connectivity index is 2.38. The normalized spacial score (nSPS) is 24.9. The van der Waals surface area contributed by atoms with E-state index in [9.17, 15) is 9.59 Å². The van der Waals surface area contributed by atoms with Gasteiger partial charge in [-0.25, -0.2) is 9.59 Å². The smallest absolute Gasteiger partial charge is 0.326 e. The van der Waals surface area contributed by atoms with Crippen LogP contribution in [0, 0.1) is 5.92 Å². The van der Waals surface area contributed by atoms with E-state index in [-0.39, 0.29) is 11.5 Å². The third-order valence-electron chi connectivity index (χ3n) is 3.14. The number of carboxylic acid groups (broad SMARTS) is 1. The predicted octanol–water partition coefficient (Wildman–Crippen LogP) is 0.964. The van der Waals surface area contributed by atoms with Gasteiger partial charge in [-0.1, -0.05) is 13.8 Å². The average molecular weight is 258 g/mol. The van der Waals surface area contributed by atoms with Crippen LogP contribution in [0.3, 0.4) is 0 Å². The summed E-state index contributed by atoms with van der Waals surface area (Å²) in [4.78, 5) is 22.6. The first kappa shape index (κ1) is 14.8. The van der Waals surface area contributed by atoms with Crippen LogP contribution in [0.2, 0.25) is 0 Å². The van der Waals surface area contributed by atoms with Crippen molar-refractivity contribution in [2.45, 2.75) is 45.3 Å². The lowest BCUT2D eigenvalue weighted by atomic mass is 10.0. The Labute approximate surface area is 107 Å². The van der Waals surface area contributed by atoms with E-state index >= 15 is 0 Å². The Morgan fingerprint density at radius 2 is 2.11 bits per heavy atom. The van der Waals surface area contributed by atoms with Crippen molar-refractivity contribution in [2.75, 3.05) is 13.2 Å². The van der Waals surface area contributed by atoms with Crippen molar-refractivity contribution in [3.8, 4) is 0 Å². The molecule has 1 heterocycles. The van der Waals surface area contributed by atoms with Crippen molar-refractivity contribution in [1.82, 2.24) is 10.6 Å². The third-order valence-corrected chi connectivity index (χ3v) is 3.14. The highest BCUT2D eigenvalue weighted by Gasteiger charge is 2.31. The van der Waals surface area contributed by atoms with Crippen LogP contribution in [0.4, 0.5) is 4.79 Å². The average Bonchev–Trinajstić information content (AvgIpc) is 2.70. The molecular formula is C12H22N2O4. The fourth-order valence-corrected chi connectivity index (χ4v) is 1.95. The van der Waals surface area contributed by atoms with Crippen LogP contribution in [0.15, 0.2) is 0 Å². The van der Waals surface area contributed by atoms with E-state index in [4.69, 9.17) is 9.84 Å². The van der Waals surface area contributed by atoms with Crippen molar-refractivity contribution in [1.29, 1.82) is 0 Å². The van der Waals surface area contributed by atoms with Gasteiger partial charge in [0.05, 0.1) is 5.60 Å². The molecule has 0 aromatic carbocycles. The second-order valence-corrected chi connectivity index (χ2v) is 5.29. The molecule has 2 amide bonds. The van der Waals surface area contributed by atoms with Gasteiger partial charge < -0.3 is 20.5 Å². The van der Waals surface area contributed by atoms with Gasteiger partial charge in [0, 0.05) is 13.2 Å². The second-order valence-electron chi connectivity index (χ2n) is 5.29. The summed E-state index contributed by atoms with van der Waals surface area (Å²) < 4.78 is 5.53. The van der Waals surface area contributed by atoms with Gasteiger partial charge in [-0.15, -0.1) is 0 Å². The zero-order valence-corrected chi connectivity index (χ0v) is 11.2. The summed E-state index contributed by atoms with van der Waals surface area (Å²) in [6.45, 7) is 6.55. The van der Waals surface area contributed by atoms with Gasteiger partial charge in [-0.2, -0.15) is 0 Å². The molecule has 6 nitrogen and oxygen atoms in total. The molecule has 1 aliphatic rings. The molecule has 1 rings (SSSR count). The molecule has 1 fully saturated rings. The van der Waals surface area contributed by atoms with Crippen molar-refractivity contribution in [2.24, 2.45) is 5.92 Å². The molecule has 0 bridgehead atoms. The number of carboxylic acids is 1. The Morgan fingerprint density at radius 3 is 2.56 bits per heavy atom. The molecule has 0 radical (unpaired) electrons. The summed E-state index contributed by atoms with van der Waals surface area (Å²) in [6.07, 6.45) is 1.89. The zero-order chi connectivity index (χ0) is 13.8. The summed E-state index contributed by atoms with van der Waals surface area (Å²) in [6, 6.07) is -1.34. The summed E-state index contributed by atoms with van der Waals surface area (Å²) in [7, 11) is 0. The number of carbonyl (C=O) groups excluding carboxylic acids is 1. The maximum absolute atomic E-state index is 11.6. The summed E-state index contributed by atoms with van der Waals surface area (Å²) >= 11 is 0. The minimum absolute atomic E-state index is 0.161. The summed E-state index contributed by atoms with van der Waals surface area (Å²) in [5.74, 6) is -1.19. The number of hydrogen-bond acceptors (Lipinski definition) is 3. The molecule has 18 heavy (non-hydrogen) atoms. The minimum Gasteiger partial charge on any atom is -0.480 e. The van der Waals surface area contributed by atoms with E-state index < -0.39 is 18.0 Å². The Hall–Kier alpha value is -1.30. The number of hydrogen-bond donors (Lipinski definition) is 3. The quantitative estimate of drug-likeness (QED) is 0.685. The topological polar surface area (TPSA) is 87.7 Å². The first-order valence-corrected chi connectivity index (χ1v) is 6.25. The molecule has 0 aromatic heterocycles. The number of aliphatic carboxylic acids is 1. The molecule has 0 saturated carbocycles. The number of rotatable bonds is 5. The molecule has 3 N–H and O–H groups in total. The van der Waals surface area contributed by atoms with Crippen molar-refractivity contribution in [3.05, 3.63) is 0 Å². The van der Waals surface area contributed by atoms with Crippen LogP contribution < -0.4 is 10.6 Å². The highest BCUT2D eigenvalue weighted by molar-refractivity contribution is 5.82. The van der Waals surface area contributed by atoms with Gasteiger partial charge >= 0.3 is 12.0 Å². The van der Waals surface area contributed by atoms with Gasteiger partial charge in [0.1, 0.15) is 6.04 Å². The molecule has 2 atom stereocenters. The van der Waals surface area contributed by atoms with E-state index in [1.54, 1.807) is 13.8 Å². The van der Waals surface area contributed by atoms with Crippen LogP contribution in [-0.2, 0) is 9.53 Å². The fraction of sp³-hybridized carbons (Fsp3) is 0.833. The van der Waals surface area contributed by atoms with E-state index in [0.717, 1.165) is 12.8 Å². The Kier molecular flexibility index (Phi) is 4.95. The molecule has 1 aliphatic heterocycles. The molecule has 1 unspecified atom stereocenters. The van der Waals surface area contributed by atoms with Crippen LogP contribution in [0.25, 0.3) is 0 Å². The van der Waals surface area contributed by atoms with Crippen LogP contribution >= 0.6 is 0 Å². The Morgan fingerprint density at radius 1 is 1.44 bits per heavy atom. The van der Waals surface area contributed by atoms with Gasteiger partial charge in [0.25, 0.3) is 0 Å². The van der Waals surface area contributed by atoms with Crippen LogP contribution in [0.5, 0.6) is 0 Å². The maximum Gasteiger partial charge on any atom is 0.326 e. The van der Waals surface area contributed by atoms with Crippen molar-refractivity contribution < 1.29 is 19.4 Å². The lowest BCUT2D eigenvalue weighted by Crippen LogP contribution is -2.51. The lowest BCUT2D eigenvalue weighted by Gasteiger charge is -2.24. The fourth-order valence-electron chi connectivity index (χ4n) is 1.95. The predicted molar refractivity (Wildman–Crippen MR) is 66.4 cm³/mol. The molecule has 1 saturated heterocycles. The van der Waals surface area contributed by atoms with Gasteiger partial charge in [0.15, 0.2) is 0 Å². The number of amides is 2. The van der Waals surface area contributed by atoms with Gasteiger partial charge in [-0.3, -0.25) is 0 Å². The van der Waals surface area contributed by atoms with Crippen LogP contribution in [-0.4, -0.2) is 41.9 Å². The molecule has 0 aliphatic carbocycles. The minimum atomic E-state index is -1.02. The first-order chi connectivity index (χ1) is 8.34. The summed E-state index contributed by atoms with van der Waals surface area (Å²) in [5, 5.41) is 14.1. The number of nitrogens with one attached hydrogen (secondary N) is 2.